The third-order valence-corrected chi connectivity index (χ3v) is 5.43. The second kappa shape index (κ2) is 6.20. The van der Waals surface area contributed by atoms with Gasteiger partial charge in [-0.1, -0.05) is 35.1 Å². The number of likely N-dealkylation sites (N-methyl/N-ethyl adjacent to an activating group) is 1. The molecule has 0 atom stereocenters. The number of amides is 1. The van der Waals surface area contributed by atoms with Crippen LogP contribution in [0.4, 0.5) is 0 Å². The number of hydrogen-bond acceptors (Lipinski definition) is 4. The molecule has 123 valence electrons. The van der Waals surface area contributed by atoms with Crippen molar-refractivity contribution in [1.29, 1.82) is 0 Å². The Kier molecular flexibility index (Phi) is 4.04. The van der Waals surface area contributed by atoms with Crippen LogP contribution in [0.15, 0.2) is 30.5 Å². The number of piperazine rings is 1. The normalized spacial score (nSPS) is 16.0. The van der Waals surface area contributed by atoms with E-state index in [1.807, 2.05) is 35.4 Å². The Hall–Kier alpha value is -1.89. The molecular weight excluding hydrogens is 344 g/mol. The lowest BCUT2D eigenvalue weighted by Crippen LogP contribution is -2.46. The smallest absolute Gasteiger partial charge is 0.265 e. The third kappa shape index (κ3) is 2.92. The van der Waals surface area contributed by atoms with Gasteiger partial charge in [0.25, 0.3) is 5.91 Å². The van der Waals surface area contributed by atoms with Gasteiger partial charge in [-0.15, -0.1) is 0 Å². The van der Waals surface area contributed by atoms with E-state index in [4.69, 9.17) is 11.6 Å². The van der Waals surface area contributed by atoms with E-state index in [-0.39, 0.29) is 5.91 Å². The minimum Gasteiger partial charge on any atom is -0.335 e. The van der Waals surface area contributed by atoms with Crippen LogP contribution in [0.2, 0.25) is 5.02 Å². The van der Waals surface area contributed by atoms with E-state index >= 15 is 0 Å². The van der Waals surface area contributed by atoms with Gasteiger partial charge in [0.2, 0.25) is 0 Å². The molecule has 4 rings (SSSR count). The van der Waals surface area contributed by atoms with Crippen LogP contribution in [0.25, 0.3) is 16.2 Å². The van der Waals surface area contributed by atoms with Crippen molar-refractivity contribution >= 4 is 33.8 Å². The van der Waals surface area contributed by atoms with E-state index in [0.29, 0.717) is 9.90 Å². The summed E-state index contributed by atoms with van der Waals surface area (Å²) < 4.78 is 1.80. The van der Waals surface area contributed by atoms with Crippen molar-refractivity contribution in [3.8, 4) is 11.3 Å². The Morgan fingerprint density at radius 1 is 1.21 bits per heavy atom. The van der Waals surface area contributed by atoms with E-state index in [9.17, 15) is 4.79 Å². The highest BCUT2D eigenvalue weighted by atomic mass is 35.5. The summed E-state index contributed by atoms with van der Waals surface area (Å²) >= 11 is 7.32. The van der Waals surface area contributed by atoms with Crippen LogP contribution < -0.4 is 0 Å². The predicted octanol–water partition coefficient (Wildman–Crippen LogP) is 2.90. The molecule has 0 N–H and O–H groups in total. The number of rotatable bonds is 2. The van der Waals surface area contributed by atoms with Crippen molar-refractivity contribution < 1.29 is 4.79 Å². The Balaban J connectivity index is 1.57. The minimum atomic E-state index is 0.0834. The van der Waals surface area contributed by atoms with Crippen LogP contribution in [0.3, 0.4) is 0 Å². The van der Waals surface area contributed by atoms with Gasteiger partial charge in [0, 0.05) is 43.0 Å². The van der Waals surface area contributed by atoms with Crippen molar-refractivity contribution in [3.63, 3.8) is 0 Å². The molecule has 0 saturated carbocycles. The second-order valence-corrected chi connectivity index (χ2v) is 7.37. The molecule has 0 aliphatic carbocycles. The van der Waals surface area contributed by atoms with Gasteiger partial charge in [-0.2, -0.15) is 0 Å². The van der Waals surface area contributed by atoms with Gasteiger partial charge in [-0.25, -0.2) is 4.98 Å². The first-order chi connectivity index (χ1) is 11.6. The van der Waals surface area contributed by atoms with Crippen LogP contribution in [0.5, 0.6) is 0 Å². The first-order valence-electron chi connectivity index (χ1n) is 7.75. The number of halogens is 1. The maximum atomic E-state index is 12.6. The highest BCUT2D eigenvalue weighted by Crippen LogP contribution is 2.25. The summed E-state index contributed by atoms with van der Waals surface area (Å²) in [4.78, 5) is 22.8. The van der Waals surface area contributed by atoms with Crippen LogP contribution >= 0.6 is 22.9 Å². The summed E-state index contributed by atoms with van der Waals surface area (Å²) in [6.45, 7) is 3.38. The summed E-state index contributed by atoms with van der Waals surface area (Å²) in [5, 5.41) is 0.694. The van der Waals surface area contributed by atoms with Crippen molar-refractivity contribution in [3.05, 3.63) is 46.6 Å². The molecule has 0 spiro atoms. The molecule has 0 unspecified atom stereocenters. The summed E-state index contributed by atoms with van der Waals surface area (Å²) in [6.07, 6.45) is 5.04. The van der Waals surface area contributed by atoms with E-state index in [1.54, 1.807) is 4.40 Å². The second-order valence-electron chi connectivity index (χ2n) is 5.92. The molecule has 3 aromatic rings. The van der Waals surface area contributed by atoms with E-state index < -0.39 is 0 Å². The number of thiazole rings is 1. The van der Waals surface area contributed by atoms with Gasteiger partial charge in [-0.05, 0) is 19.2 Å². The number of carbonyl (C=O) groups excluding carboxylic acids is 1. The first kappa shape index (κ1) is 15.6. The average Bonchev–Trinajstić information content (AvgIpc) is 3.14. The molecule has 1 fully saturated rings. The lowest BCUT2D eigenvalue weighted by Gasteiger charge is -2.32. The summed E-state index contributed by atoms with van der Waals surface area (Å²) in [7, 11) is 2.08. The number of aromatic nitrogens is 2. The SMILES string of the molecule is CN1CCN(C(=O)c2cn3[c]c(-c4ccc(Cl)cc4)nc3s2)CC1. The highest BCUT2D eigenvalue weighted by Gasteiger charge is 2.22. The third-order valence-electron chi connectivity index (χ3n) is 4.21. The quantitative estimate of drug-likeness (QED) is 0.706. The number of imidazole rings is 1. The molecule has 1 amide bonds. The summed E-state index contributed by atoms with van der Waals surface area (Å²) in [5.74, 6) is 0.0834. The number of carbonyl (C=O) groups is 1. The van der Waals surface area contributed by atoms with E-state index in [1.165, 1.54) is 11.3 Å². The number of nitrogens with zero attached hydrogens (tertiary/aromatic N) is 4. The topological polar surface area (TPSA) is 40.9 Å². The molecule has 7 heteroatoms. The van der Waals surface area contributed by atoms with Crippen molar-refractivity contribution in [2.45, 2.75) is 0 Å². The van der Waals surface area contributed by atoms with Gasteiger partial charge in [0.15, 0.2) is 4.96 Å². The van der Waals surface area contributed by atoms with Gasteiger partial charge < -0.3 is 9.80 Å². The lowest BCUT2D eigenvalue weighted by molar-refractivity contribution is 0.0668. The zero-order valence-corrected chi connectivity index (χ0v) is 14.8. The standard InChI is InChI=1S/C17H16ClN4OS/c1-20-6-8-21(9-7-20)16(23)15-11-22-10-14(19-17(22)24-15)12-2-4-13(18)5-3-12/h2-5,11H,6-9H2,1H3. The Morgan fingerprint density at radius 3 is 2.58 bits per heavy atom. The van der Waals surface area contributed by atoms with Crippen LogP contribution in [0.1, 0.15) is 9.67 Å². The number of hydrogen-bond donors (Lipinski definition) is 0. The zero-order chi connectivity index (χ0) is 16.7. The molecule has 24 heavy (non-hydrogen) atoms. The van der Waals surface area contributed by atoms with E-state index in [2.05, 4.69) is 23.1 Å². The first-order valence-corrected chi connectivity index (χ1v) is 8.94. The molecule has 1 aliphatic heterocycles. The molecule has 5 nitrogen and oxygen atoms in total. The monoisotopic (exact) mass is 359 g/mol. The molecule has 1 saturated heterocycles. The molecule has 1 aromatic carbocycles. The average molecular weight is 360 g/mol. The Labute approximate surface area is 149 Å². The van der Waals surface area contributed by atoms with Gasteiger partial charge >= 0.3 is 0 Å². The van der Waals surface area contributed by atoms with Crippen LogP contribution in [-0.2, 0) is 0 Å². The highest BCUT2D eigenvalue weighted by molar-refractivity contribution is 7.18. The predicted molar refractivity (Wildman–Crippen MR) is 95.8 cm³/mol. The fourth-order valence-corrected chi connectivity index (χ4v) is 3.77. The maximum Gasteiger partial charge on any atom is 0.265 e. The zero-order valence-electron chi connectivity index (χ0n) is 13.2. The lowest BCUT2D eigenvalue weighted by atomic mass is 10.2. The fraction of sp³-hybridized carbons (Fsp3) is 0.294. The Morgan fingerprint density at radius 2 is 1.92 bits per heavy atom. The van der Waals surface area contributed by atoms with Crippen molar-refractivity contribution in [1.82, 2.24) is 19.2 Å². The maximum absolute atomic E-state index is 12.6. The molecule has 3 heterocycles. The van der Waals surface area contributed by atoms with Gasteiger partial charge in [-0.3, -0.25) is 9.20 Å². The van der Waals surface area contributed by atoms with Gasteiger partial charge in [0.05, 0.1) is 5.69 Å². The minimum absolute atomic E-state index is 0.0834. The van der Waals surface area contributed by atoms with Crippen molar-refractivity contribution in [2.75, 3.05) is 33.2 Å². The number of benzene rings is 1. The summed E-state index contributed by atoms with van der Waals surface area (Å²) in [6, 6.07) is 7.50. The molecule has 1 radical (unpaired) electrons. The molecule has 0 bridgehead atoms. The van der Waals surface area contributed by atoms with Crippen molar-refractivity contribution in [2.24, 2.45) is 0 Å². The van der Waals surface area contributed by atoms with Gasteiger partial charge in [0.1, 0.15) is 11.1 Å². The molecular formula is C17H16ClN4OS. The van der Waals surface area contributed by atoms with Crippen LogP contribution in [-0.4, -0.2) is 58.3 Å². The Bertz CT molecular complexity index is 846. The van der Waals surface area contributed by atoms with E-state index in [0.717, 1.165) is 42.4 Å². The largest absolute Gasteiger partial charge is 0.335 e. The van der Waals surface area contributed by atoms with Crippen LogP contribution in [0, 0.1) is 6.20 Å². The molecule has 1 aliphatic rings. The summed E-state index contributed by atoms with van der Waals surface area (Å²) in [5.41, 5.74) is 1.72. The molecule has 2 aromatic heterocycles. The number of fused-ring (bicyclic) bond motifs is 1. The fourth-order valence-electron chi connectivity index (χ4n) is 2.74.